The fourth-order valence-electron chi connectivity index (χ4n) is 1.27. The minimum Gasteiger partial charge on any atom is -0.356 e. The Hall–Kier alpha value is -0.570. The molecule has 0 aliphatic heterocycles. The Bertz CT molecular complexity index is 157. The topological polar surface area (TPSA) is 41.1 Å². The summed E-state index contributed by atoms with van der Waals surface area (Å²) < 4.78 is 0. The summed E-state index contributed by atoms with van der Waals surface area (Å²) in [6.45, 7) is 10.1. The molecule has 1 atom stereocenters. The molecule has 3 heteroatoms. The van der Waals surface area contributed by atoms with Gasteiger partial charge in [-0.1, -0.05) is 20.8 Å². The molecular weight excluding hydrogens is 176 g/mol. The van der Waals surface area contributed by atoms with Crippen LogP contribution in [0.25, 0.3) is 0 Å². The monoisotopic (exact) mass is 200 g/mol. The average Bonchev–Trinajstić information content (AvgIpc) is 2.03. The van der Waals surface area contributed by atoms with Gasteiger partial charge in [0, 0.05) is 19.0 Å². The molecule has 0 saturated carbocycles. The van der Waals surface area contributed by atoms with E-state index in [1.54, 1.807) is 0 Å². The Morgan fingerprint density at radius 1 is 1.29 bits per heavy atom. The summed E-state index contributed by atoms with van der Waals surface area (Å²) in [4.78, 5) is 11.4. The quantitative estimate of drug-likeness (QED) is 0.654. The third-order valence-electron chi connectivity index (χ3n) is 2.09. The highest BCUT2D eigenvalue weighted by molar-refractivity contribution is 5.76. The van der Waals surface area contributed by atoms with Crippen molar-refractivity contribution in [2.75, 3.05) is 13.1 Å². The van der Waals surface area contributed by atoms with E-state index >= 15 is 0 Å². The van der Waals surface area contributed by atoms with Crippen molar-refractivity contribution in [1.82, 2.24) is 10.6 Å². The first-order valence-corrected chi connectivity index (χ1v) is 5.56. The molecular formula is C11H24N2O. The maximum atomic E-state index is 11.4. The van der Waals surface area contributed by atoms with Crippen molar-refractivity contribution in [3.63, 3.8) is 0 Å². The molecule has 2 N–H and O–H groups in total. The first kappa shape index (κ1) is 13.4. The van der Waals surface area contributed by atoms with Crippen LogP contribution in [0.3, 0.4) is 0 Å². The van der Waals surface area contributed by atoms with Crippen LogP contribution in [0.5, 0.6) is 0 Å². The number of rotatable bonds is 7. The molecule has 0 aliphatic carbocycles. The average molecular weight is 200 g/mol. The normalized spacial score (nSPS) is 12.9. The number of amides is 1. The van der Waals surface area contributed by atoms with E-state index < -0.39 is 0 Å². The Kier molecular flexibility index (Phi) is 7.48. The van der Waals surface area contributed by atoms with E-state index in [1.807, 2.05) is 13.8 Å². The smallest absolute Gasteiger partial charge is 0.221 e. The first-order chi connectivity index (χ1) is 6.56. The summed E-state index contributed by atoms with van der Waals surface area (Å²) >= 11 is 0. The zero-order chi connectivity index (χ0) is 11.0. The molecule has 0 rings (SSSR count). The van der Waals surface area contributed by atoms with Crippen LogP contribution in [0, 0.1) is 5.92 Å². The molecule has 1 amide bonds. The van der Waals surface area contributed by atoms with Gasteiger partial charge in [-0.15, -0.1) is 0 Å². The molecule has 1 unspecified atom stereocenters. The molecule has 0 fully saturated rings. The fourth-order valence-corrected chi connectivity index (χ4v) is 1.27. The highest BCUT2D eigenvalue weighted by atomic mass is 16.1. The van der Waals surface area contributed by atoms with Crippen molar-refractivity contribution in [2.45, 2.75) is 46.6 Å². The van der Waals surface area contributed by atoms with Gasteiger partial charge < -0.3 is 10.6 Å². The Labute approximate surface area is 87.6 Å². The largest absolute Gasteiger partial charge is 0.356 e. The lowest BCUT2D eigenvalue weighted by Crippen LogP contribution is -2.34. The van der Waals surface area contributed by atoms with E-state index in [2.05, 4.69) is 24.5 Å². The van der Waals surface area contributed by atoms with Crippen LogP contribution >= 0.6 is 0 Å². The predicted molar refractivity (Wildman–Crippen MR) is 60.2 cm³/mol. The maximum absolute atomic E-state index is 11.4. The standard InChI is InChI=1S/C11H24N2O/c1-5-12-10(4)8-11(14)13-7-6-9(2)3/h9-10,12H,5-8H2,1-4H3,(H,13,14). The third-order valence-corrected chi connectivity index (χ3v) is 2.09. The van der Waals surface area contributed by atoms with Crippen LogP contribution in [0.4, 0.5) is 0 Å². The number of carbonyl (C=O) groups is 1. The molecule has 0 heterocycles. The number of hydrogen-bond donors (Lipinski definition) is 2. The van der Waals surface area contributed by atoms with Crippen LogP contribution in [0.1, 0.15) is 40.5 Å². The van der Waals surface area contributed by atoms with E-state index in [0.717, 1.165) is 19.5 Å². The van der Waals surface area contributed by atoms with Crippen molar-refractivity contribution in [3.8, 4) is 0 Å². The number of nitrogens with one attached hydrogen (secondary N) is 2. The van der Waals surface area contributed by atoms with Crippen molar-refractivity contribution >= 4 is 5.91 Å². The molecule has 0 aliphatic rings. The minimum absolute atomic E-state index is 0.152. The van der Waals surface area contributed by atoms with Gasteiger partial charge in [0.25, 0.3) is 0 Å². The molecule has 0 radical (unpaired) electrons. The van der Waals surface area contributed by atoms with Gasteiger partial charge in [-0.05, 0) is 25.8 Å². The maximum Gasteiger partial charge on any atom is 0.221 e. The molecule has 0 aromatic rings. The second-order valence-electron chi connectivity index (χ2n) is 4.20. The highest BCUT2D eigenvalue weighted by Gasteiger charge is 2.06. The molecule has 0 aromatic heterocycles. The van der Waals surface area contributed by atoms with Gasteiger partial charge in [0.15, 0.2) is 0 Å². The van der Waals surface area contributed by atoms with Crippen molar-refractivity contribution in [3.05, 3.63) is 0 Å². The van der Waals surface area contributed by atoms with Gasteiger partial charge in [-0.25, -0.2) is 0 Å². The van der Waals surface area contributed by atoms with E-state index in [-0.39, 0.29) is 11.9 Å². The second kappa shape index (κ2) is 7.80. The summed E-state index contributed by atoms with van der Waals surface area (Å²) in [5.41, 5.74) is 0. The van der Waals surface area contributed by atoms with E-state index in [1.165, 1.54) is 0 Å². The molecule has 14 heavy (non-hydrogen) atoms. The predicted octanol–water partition coefficient (Wildman–Crippen LogP) is 1.54. The van der Waals surface area contributed by atoms with Crippen molar-refractivity contribution < 1.29 is 4.79 Å². The zero-order valence-corrected chi connectivity index (χ0v) is 9.89. The summed E-state index contributed by atoms with van der Waals surface area (Å²) in [6, 6.07) is 0.277. The minimum atomic E-state index is 0.152. The van der Waals surface area contributed by atoms with Gasteiger partial charge in [-0.3, -0.25) is 4.79 Å². The lowest BCUT2D eigenvalue weighted by Gasteiger charge is -2.12. The second-order valence-corrected chi connectivity index (χ2v) is 4.20. The van der Waals surface area contributed by atoms with Crippen LogP contribution in [0.2, 0.25) is 0 Å². The number of carbonyl (C=O) groups excluding carboxylic acids is 1. The van der Waals surface area contributed by atoms with Crippen LogP contribution in [-0.4, -0.2) is 25.0 Å². The van der Waals surface area contributed by atoms with Gasteiger partial charge >= 0.3 is 0 Å². The summed E-state index contributed by atoms with van der Waals surface area (Å²) in [5.74, 6) is 0.806. The van der Waals surface area contributed by atoms with Gasteiger partial charge in [0.1, 0.15) is 0 Å². The Morgan fingerprint density at radius 2 is 1.93 bits per heavy atom. The van der Waals surface area contributed by atoms with E-state index in [4.69, 9.17) is 0 Å². The molecule has 84 valence electrons. The summed E-state index contributed by atoms with van der Waals surface area (Å²) in [7, 11) is 0. The molecule has 0 bridgehead atoms. The van der Waals surface area contributed by atoms with E-state index in [9.17, 15) is 4.79 Å². The van der Waals surface area contributed by atoms with Crippen molar-refractivity contribution in [2.24, 2.45) is 5.92 Å². The highest BCUT2D eigenvalue weighted by Crippen LogP contribution is 1.97. The molecule has 0 spiro atoms. The zero-order valence-electron chi connectivity index (χ0n) is 9.89. The molecule has 0 aromatic carbocycles. The van der Waals surface area contributed by atoms with Crippen LogP contribution < -0.4 is 10.6 Å². The lowest BCUT2D eigenvalue weighted by molar-refractivity contribution is -0.121. The lowest BCUT2D eigenvalue weighted by atomic mass is 10.1. The first-order valence-electron chi connectivity index (χ1n) is 5.56. The van der Waals surface area contributed by atoms with Crippen LogP contribution in [0.15, 0.2) is 0 Å². The van der Waals surface area contributed by atoms with Crippen molar-refractivity contribution in [1.29, 1.82) is 0 Å². The third kappa shape index (κ3) is 8.05. The van der Waals surface area contributed by atoms with E-state index in [0.29, 0.717) is 12.3 Å². The molecule has 3 nitrogen and oxygen atoms in total. The SMILES string of the molecule is CCNC(C)CC(=O)NCCC(C)C. The van der Waals surface area contributed by atoms with Crippen LogP contribution in [-0.2, 0) is 4.79 Å². The van der Waals surface area contributed by atoms with Gasteiger partial charge in [0.2, 0.25) is 5.91 Å². The van der Waals surface area contributed by atoms with Gasteiger partial charge in [0.05, 0.1) is 0 Å². The summed E-state index contributed by atoms with van der Waals surface area (Å²) in [6.07, 6.45) is 1.63. The van der Waals surface area contributed by atoms with Gasteiger partial charge in [-0.2, -0.15) is 0 Å². The Morgan fingerprint density at radius 3 is 2.43 bits per heavy atom. The fraction of sp³-hybridized carbons (Fsp3) is 0.909. The molecule has 0 saturated heterocycles. The Balaban J connectivity index is 3.45. The summed E-state index contributed by atoms with van der Waals surface area (Å²) in [5, 5.41) is 6.14. The number of hydrogen-bond acceptors (Lipinski definition) is 2.